The summed E-state index contributed by atoms with van der Waals surface area (Å²) < 4.78 is 17.3. The van der Waals surface area contributed by atoms with Gasteiger partial charge in [-0.2, -0.15) is 0 Å². The van der Waals surface area contributed by atoms with Crippen molar-refractivity contribution < 1.29 is 18.0 Å². The summed E-state index contributed by atoms with van der Waals surface area (Å²) >= 11 is 0. The molecular formula is C10H23O4PSi2. The molecule has 0 N–H and O–H groups in total. The quantitative estimate of drug-likeness (QED) is 0.443. The summed E-state index contributed by atoms with van der Waals surface area (Å²) in [7, 11) is -4.29. The molecular weight excluding hydrogens is 271 g/mol. The highest BCUT2D eigenvalue weighted by atomic mass is 31.2. The van der Waals surface area contributed by atoms with Gasteiger partial charge in [0.2, 0.25) is 0 Å². The monoisotopic (exact) mass is 294 g/mol. The third kappa shape index (κ3) is 6.11. The second-order valence-corrected chi connectivity index (χ2v) is 17.4. The van der Waals surface area contributed by atoms with Crippen molar-refractivity contribution in [3.8, 4) is 0 Å². The van der Waals surface area contributed by atoms with E-state index in [1.165, 1.54) is 0 Å². The van der Waals surface area contributed by atoms with Crippen LogP contribution >= 0.6 is 8.38 Å². The highest BCUT2D eigenvalue weighted by molar-refractivity contribution is 7.51. The summed E-state index contributed by atoms with van der Waals surface area (Å²) in [6.07, 6.45) is 0.445. The molecule has 0 aliphatic carbocycles. The van der Waals surface area contributed by atoms with Crippen LogP contribution in [0.25, 0.3) is 0 Å². The number of rotatable bonds is 5. The minimum atomic E-state index is -1.65. The van der Waals surface area contributed by atoms with Crippen LogP contribution in [0.15, 0.2) is 0 Å². The predicted molar refractivity (Wildman–Crippen MR) is 75.1 cm³/mol. The molecule has 1 aliphatic heterocycles. The van der Waals surface area contributed by atoms with Crippen molar-refractivity contribution in [2.45, 2.75) is 51.4 Å². The molecule has 1 unspecified atom stereocenters. The number of esters is 1. The molecule has 0 aromatic heterocycles. The molecule has 17 heavy (non-hydrogen) atoms. The molecule has 0 saturated carbocycles. The summed E-state index contributed by atoms with van der Waals surface area (Å²) in [6, 6.07) is 0. The van der Waals surface area contributed by atoms with E-state index in [1.807, 2.05) is 0 Å². The fourth-order valence-electron chi connectivity index (χ4n) is 1.34. The molecule has 1 heterocycles. The second-order valence-electron chi connectivity index (χ2n) is 6.23. The van der Waals surface area contributed by atoms with Crippen molar-refractivity contribution in [1.29, 1.82) is 0 Å². The molecule has 0 aromatic carbocycles. The molecule has 1 rings (SSSR count). The SMILES string of the molecule is C[Si](C)(C)OP(O[Si](C)(C)C)C1COC(=O)C1. The lowest BCUT2D eigenvalue weighted by molar-refractivity contribution is -0.137. The Morgan fingerprint density at radius 2 is 1.59 bits per heavy atom. The highest BCUT2D eigenvalue weighted by Gasteiger charge is 2.38. The zero-order chi connectivity index (χ0) is 13.3. The lowest BCUT2D eigenvalue weighted by atomic mass is 10.4. The number of hydrogen-bond acceptors (Lipinski definition) is 4. The van der Waals surface area contributed by atoms with Gasteiger partial charge in [0, 0.05) is 0 Å². The molecule has 0 spiro atoms. The maximum atomic E-state index is 11.2. The molecule has 0 radical (unpaired) electrons. The van der Waals surface area contributed by atoms with Crippen LogP contribution in [0.3, 0.4) is 0 Å². The number of ether oxygens (including phenoxy) is 1. The predicted octanol–water partition coefficient (Wildman–Crippen LogP) is 3.32. The lowest BCUT2D eigenvalue weighted by Crippen LogP contribution is -2.31. The van der Waals surface area contributed by atoms with Crippen LogP contribution in [-0.2, 0) is 18.0 Å². The summed E-state index contributed by atoms with van der Waals surface area (Å²) in [5.41, 5.74) is 0.121. The van der Waals surface area contributed by atoms with E-state index >= 15 is 0 Å². The summed E-state index contributed by atoms with van der Waals surface area (Å²) in [6.45, 7) is 13.3. The third-order valence-corrected chi connectivity index (χ3v) is 8.61. The molecule has 1 fully saturated rings. The van der Waals surface area contributed by atoms with Crippen LogP contribution in [0, 0.1) is 0 Å². The van der Waals surface area contributed by atoms with E-state index in [0.29, 0.717) is 13.0 Å². The van der Waals surface area contributed by atoms with Gasteiger partial charge >= 0.3 is 5.97 Å². The van der Waals surface area contributed by atoms with Gasteiger partial charge in [-0.15, -0.1) is 0 Å². The molecule has 0 bridgehead atoms. The van der Waals surface area contributed by atoms with Gasteiger partial charge in [-0.1, -0.05) is 0 Å². The Labute approximate surface area is 107 Å². The average molecular weight is 294 g/mol. The Hall–Kier alpha value is 0.254. The van der Waals surface area contributed by atoms with E-state index in [9.17, 15) is 4.79 Å². The first-order valence-electron chi connectivity index (χ1n) is 5.90. The zero-order valence-corrected chi connectivity index (χ0v) is 14.5. The van der Waals surface area contributed by atoms with Crippen LogP contribution in [-0.4, -0.2) is 34.9 Å². The van der Waals surface area contributed by atoms with E-state index in [0.717, 1.165) is 0 Å². The molecule has 1 aliphatic rings. The summed E-state index contributed by atoms with van der Waals surface area (Å²) in [5.74, 6) is -0.124. The number of hydrogen-bond donors (Lipinski definition) is 0. The van der Waals surface area contributed by atoms with Crippen LogP contribution in [0.4, 0.5) is 0 Å². The first-order chi connectivity index (χ1) is 7.57. The number of cyclic esters (lactones) is 1. The molecule has 1 saturated heterocycles. The fraction of sp³-hybridized carbons (Fsp3) is 0.900. The average Bonchev–Trinajstić information content (AvgIpc) is 2.45. The van der Waals surface area contributed by atoms with Crippen molar-refractivity contribution in [1.82, 2.24) is 0 Å². The van der Waals surface area contributed by atoms with Crippen molar-refractivity contribution in [2.75, 3.05) is 6.61 Å². The van der Waals surface area contributed by atoms with E-state index in [1.54, 1.807) is 0 Å². The molecule has 1 atom stereocenters. The molecule has 0 amide bonds. The van der Waals surface area contributed by atoms with Gasteiger partial charge in [0.05, 0.1) is 12.1 Å². The van der Waals surface area contributed by atoms with Gasteiger partial charge in [-0.25, -0.2) is 0 Å². The van der Waals surface area contributed by atoms with Crippen molar-refractivity contribution in [3.05, 3.63) is 0 Å². The van der Waals surface area contributed by atoms with E-state index < -0.39 is 25.0 Å². The van der Waals surface area contributed by atoms with Crippen LogP contribution in [0.5, 0.6) is 0 Å². The first-order valence-corrected chi connectivity index (χ1v) is 14.0. The zero-order valence-electron chi connectivity index (χ0n) is 11.6. The lowest BCUT2D eigenvalue weighted by Gasteiger charge is -2.32. The molecule has 7 heteroatoms. The molecule has 100 valence electrons. The van der Waals surface area contributed by atoms with Gasteiger partial charge in [0.15, 0.2) is 25.0 Å². The minimum absolute atomic E-state index is 0.121. The van der Waals surface area contributed by atoms with Crippen molar-refractivity contribution >= 4 is 31.0 Å². The van der Waals surface area contributed by atoms with Gasteiger partial charge in [0.1, 0.15) is 6.61 Å². The standard InChI is InChI=1S/C10H23O4PSi2/c1-16(2,3)13-15(14-17(4,5)6)9-7-10(11)12-8-9/h9H,7-8H2,1-6H3. The summed E-state index contributed by atoms with van der Waals surface area (Å²) in [4.78, 5) is 11.2. The Bertz CT molecular complexity index is 269. The van der Waals surface area contributed by atoms with Crippen LogP contribution < -0.4 is 0 Å². The van der Waals surface area contributed by atoms with E-state index in [2.05, 4.69) is 39.3 Å². The topological polar surface area (TPSA) is 44.8 Å². The smallest absolute Gasteiger partial charge is 0.306 e. The van der Waals surface area contributed by atoms with Gasteiger partial charge < -0.3 is 13.2 Å². The Kier molecular flexibility index (Phi) is 4.94. The van der Waals surface area contributed by atoms with Gasteiger partial charge in [-0.3, -0.25) is 4.79 Å². The Morgan fingerprint density at radius 1 is 1.12 bits per heavy atom. The Balaban J connectivity index is 2.68. The van der Waals surface area contributed by atoms with Gasteiger partial charge in [-0.05, 0) is 39.3 Å². The minimum Gasteiger partial charge on any atom is -0.465 e. The number of carbonyl (C=O) groups excluding carboxylic acids is 1. The van der Waals surface area contributed by atoms with Crippen molar-refractivity contribution in [3.63, 3.8) is 0 Å². The van der Waals surface area contributed by atoms with Crippen LogP contribution in [0.2, 0.25) is 39.3 Å². The first kappa shape index (κ1) is 15.3. The van der Waals surface area contributed by atoms with Gasteiger partial charge in [0.25, 0.3) is 0 Å². The summed E-state index contributed by atoms with van der Waals surface area (Å²) in [5, 5.41) is 0. The molecule has 0 aromatic rings. The maximum Gasteiger partial charge on any atom is 0.306 e. The van der Waals surface area contributed by atoms with Crippen molar-refractivity contribution in [2.24, 2.45) is 0 Å². The normalized spacial score (nSPS) is 22.1. The highest BCUT2D eigenvalue weighted by Crippen LogP contribution is 2.51. The fourth-order valence-corrected chi connectivity index (χ4v) is 7.83. The van der Waals surface area contributed by atoms with E-state index in [-0.39, 0.29) is 11.6 Å². The second kappa shape index (κ2) is 5.49. The number of carbonyl (C=O) groups is 1. The Morgan fingerprint density at radius 3 is 1.88 bits per heavy atom. The molecule has 4 nitrogen and oxygen atoms in total. The maximum absolute atomic E-state index is 11.2. The third-order valence-electron chi connectivity index (χ3n) is 1.86. The largest absolute Gasteiger partial charge is 0.465 e. The van der Waals surface area contributed by atoms with Crippen LogP contribution in [0.1, 0.15) is 6.42 Å². The van der Waals surface area contributed by atoms with E-state index in [4.69, 9.17) is 13.2 Å².